The molecule has 0 unspecified atom stereocenters. The van der Waals surface area contributed by atoms with Crippen LogP contribution in [0.25, 0.3) is 0 Å². The zero-order valence-electron chi connectivity index (χ0n) is 8.62. The van der Waals surface area contributed by atoms with Gasteiger partial charge < -0.3 is 4.74 Å². The van der Waals surface area contributed by atoms with Crippen LogP contribution < -0.4 is 0 Å². The molecule has 0 aliphatic carbocycles. The fourth-order valence-electron chi connectivity index (χ4n) is 1.11. The van der Waals surface area contributed by atoms with Crippen molar-refractivity contribution >= 4 is 5.78 Å². The second-order valence-corrected chi connectivity index (χ2v) is 3.29. The lowest BCUT2D eigenvalue weighted by molar-refractivity contribution is -0.119. The molecule has 76 valence electrons. The van der Waals surface area contributed by atoms with Crippen molar-refractivity contribution in [2.75, 3.05) is 13.7 Å². The zero-order chi connectivity index (χ0) is 10.4. The van der Waals surface area contributed by atoms with E-state index >= 15 is 0 Å². The number of hydrogen-bond donors (Lipinski definition) is 0. The number of ether oxygens (including phenoxy) is 1. The molecule has 0 saturated carbocycles. The van der Waals surface area contributed by atoms with Gasteiger partial charge in [-0.3, -0.25) is 9.78 Å². The number of Topliss-reactive ketones (excluding diaryl/α,β-unsaturated/α-hetero) is 1. The van der Waals surface area contributed by atoms with Crippen LogP contribution in [0.2, 0.25) is 0 Å². The lowest BCUT2D eigenvalue weighted by atomic mass is 10.1. The SMILES string of the molecule is COCCC(=O)Cc1ccc(C)cn1. The summed E-state index contributed by atoms with van der Waals surface area (Å²) in [6, 6.07) is 3.85. The molecule has 1 aromatic heterocycles. The van der Waals surface area contributed by atoms with Crippen LogP contribution in [0.15, 0.2) is 18.3 Å². The van der Waals surface area contributed by atoms with E-state index in [1.165, 1.54) is 0 Å². The van der Waals surface area contributed by atoms with Crippen molar-refractivity contribution in [2.45, 2.75) is 19.8 Å². The maximum atomic E-state index is 11.3. The first-order valence-electron chi connectivity index (χ1n) is 4.64. The van der Waals surface area contributed by atoms with Gasteiger partial charge >= 0.3 is 0 Å². The highest BCUT2D eigenvalue weighted by Gasteiger charge is 2.03. The molecule has 0 aliphatic rings. The van der Waals surface area contributed by atoms with Crippen molar-refractivity contribution < 1.29 is 9.53 Å². The number of nitrogens with zero attached hydrogens (tertiary/aromatic N) is 1. The molecule has 0 saturated heterocycles. The normalized spacial score (nSPS) is 10.1. The fourth-order valence-corrected chi connectivity index (χ4v) is 1.11. The van der Waals surface area contributed by atoms with Crippen molar-refractivity contribution in [1.82, 2.24) is 4.98 Å². The summed E-state index contributed by atoms with van der Waals surface area (Å²) in [6.45, 7) is 2.47. The molecule has 0 atom stereocenters. The summed E-state index contributed by atoms with van der Waals surface area (Å²) in [4.78, 5) is 15.5. The standard InChI is InChI=1S/C11H15NO2/c1-9-3-4-10(12-8-9)7-11(13)5-6-14-2/h3-4,8H,5-7H2,1-2H3. The minimum absolute atomic E-state index is 0.170. The van der Waals surface area contributed by atoms with Crippen LogP contribution in [-0.2, 0) is 16.0 Å². The molecule has 1 aromatic rings. The van der Waals surface area contributed by atoms with Gasteiger partial charge in [0.25, 0.3) is 0 Å². The molecular weight excluding hydrogens is 178 g/mol. The summed E-state index contributed by atoms with van der Waals surface area (Å²) in [5.41, 5.74) is 1.94. The number of rotatable bonds is 5. The van der Waals surface area contributed by atoms with E-state index in [1.807, 2.05) is 19.1 Å². The van der Waals surface area contributed by atoms with E-state index in [0.717, 1.165) is 11.3 Å². The van der Waals surface area contributed by atoms with Crippen molar-refractivity contribution in [3.63, 3.8) is 0 Å². The van der Waals surface area contributed by atoms with Crippen LogP contribution in [0.3, 0.4) is 0 Å². The summed E-state index contributed by atoms with van der Waals surface area (Å²) in [6.07, 6.45) is 2.65. The van der Waals surface area contributed by atoms with Crippen molar-refractivity contribution in [3.05, 3.63) is 29.6 Å². The van der Waals surface area contributed by atoms with E-state index in [9.17, 15) is 4.79 Å². The molecule has 0 bridgehead atoms. The number of ketones is 1. The zero-order valence-corrected chi connectivity index (χ0v) is 8.62. The number of aromatic nitrogens is 1. The Bertz CT molecular complexity index is 293. The van der Waals surface area contributed by atoms with Gasteiger partial charge in [0.2, 0.25) is 0 Å². The monoisotopic (exact) mass is 193 g/mol. The highest BCUT2D eigenvalue weighted by atomic mass is 16.5. The third-order valence-electron chi connectivity index (χ3n) is 1.94. The number of methoxy groups -OCH3 is 1. The maximum absolute atomic E-state index is 11.3. The fraction of sp³-hybridized carbons (Fsp3) is 0.455. The molecule has 0 amide bonds. The number of aryl methyl sites for hydroxylation is 1. The Hall–Kier alpha value is -1.22. The molecule has 14 heavy (non-hydrogen) atoms. The topological polar surface area (TPSA) is 39.2 Å². The highest BCUT2D eigenvalue weighted by molar-refractivity contribution is 5.80. The molecule has 3 heteroatoms. The van der Waals surface area contributed by atoms with Gasteiger partial charge in [-0.25, -0.2) is 0 Å². The van der Waals surface area contributed by atoms with Crippen LogP contribution in [0.5, 0.6) is 0 Å². The van der Waals surface area contributed by atoms with E-state index < -0.39 is 0 Å². The Labute approximate surface area is 84.1 Å². The number of pyridine rings is 1. The van der Waals surface area contributed by atoms with Crippen LogP contribution in [0.1, 0.15) is 17.7 Å². The average Bonchev–Trinajstić information content (AvgIpc) is 2.18. The summed E-state index contributed by atoms with van der Waals surface area (Å²) >= 11 is 0. The Balaban J connectivity index is 2.44. The molecule has 1 heterocycles. The maximum Gasteiger partial charge on any atom is 0.141 e. The number of carbonyl (C=O) groups excluding carboxylic acids is 1. The van der Waals surface area contributed by atoms with Gasteiger partial charge in [0.1, 0.15) is 5.78 Å². The van der Waals surface area contributed by atoms with E-state index in [4.69, 9.17) is 4.74 Å². The first kappa shape index (κ1) is 10.9. The van der Waals surface area contributed by atoms with Crippen molar-refractivity contribution in [3.8, 4) is 0 Å². The number of hydrogen-bond acceptors (Lipinski definition) is 3. The largest absolute Gasteiger partial charge is 0.384 e. The first-order chi connectivity index (χ1) is 6.72. The van der Waals surface area contributed by atoms with E-state index in [1.54, 1.807) is 13.3 Å². The van der Waals surface area contributed by atoms with E-state index in [0.29, 0.717) is 19.4 Å². The molecule has 0 aromatic carbocycles. The molecule has 3 nitrogen and oxygen atoms in total. The van der Waals surface area contributed by atoms with Gasteiger partial charge in [-0.05, 0) is 18.6 Å². The molecule has 0 fully saturated rings. The first-order valence-corrected chi connectivity index (χ1v) is 4.64. The van der Waals surface area contributed by atoms with Crippen LogP contribution in [0, 0.1) is 6.92 Å². The Morgan fingerprint density at radius 3 is 2.86 bits per heavy atom. The van der Waals surface area contributed by atoms with Gasteiger partial charge in [0, 0.05) is 31.8 Å². The third kappa shape index (κ3) is 3.66. The minimum Gasteiger partial charge on any atom is -0.384 e. The second-order valence-electron chi connectivity index (χ2n) is 3.29. The van der Waals surface area contributed by atoms with Crippen molar-refractivity contribution in [1.29, 1.82) is 0 Å². The molecule has 0 spiro atoms. The smallest absolute Gasteiger partial charge is 0.141 e. The number of carbonyl (C=O) groups is 1. The molecular formula is C11H15NO2. The highest BCUT2D eigenvalue weighted by Crippen LogP contribution is 2.01. The van der Waals surface area contributed by atoms with Crippen LogP contribution in [0.4, 0.5) is 0 Å². The Kier molecular flexibility index (Phi) is 4.26. The Morgan fingerprint density at radius 2 is 2.29 bits per heavy atom. The van der Waals surface area contributed by atoms with Gasteiger partial charge in [0.15, 0.2) is 0 Å². The molecule has 0 radical (unpaired) electrons. The Morgan fingerprint density at radius 1 is 1.50 bits per heavy atom. The van der Waals surface area contributed by atoms with Crippen LogP contribution in [-0.4, -0.2) is 24.5 Å². The summed E-state index contributed by atoms with van der Waals surface area (Å²) in [5, 5.41) is 0. The van der Waals surface area contributed by atoms with E-state index in [-0.39, 0.29) is 5.78 Å². The lowest BCUT2D eigenvalue weighted by Crippen LogP contribution is -2.07. The van der Waals surface area contributed by atoms with Gasteiger partial charge in [0.05, 0.1) is 6.61 Å². The molecule has 0 aliphatic heterocycles. The van der Waals surface area contributed by atoms with Gasteiger partial charge in [-0.2, -0.15) is 0 Å². The van der Waals surface area contributed by atoms with Gasteiger partial charge in [-0.15, -0.1) is 0 Å². The third-order valence-corrected chi connectivity index (χ3v) is 1.94. The minimum atomic E-state index is 0.170. The average molecular weight is 193 g/mol. The predicted molar refractivity (Wildman–Crippen MR) is 54.2 cm³/mol. The van der Waals surface area contributed by atoms with Crippen molar-refractivity contribution in [2.24, 2.45) is 0 Å². The molecule has 1 rings (SSSR count). The quantitative estimate of drug-likeness (QED) is 0.712. The summed E-state index contributed by atoms with van der Waals surface area (Å²) < 4.78 is 4.83. The summed E-state index contributed by atoms with van der Waals surface area (Å²) in [5.74, 6) is 0.170. The predicted octanol–water partition coefficient (Wildman–Crippen LogP) is 1.54. The second kappa shape index (κ2) is 5.50. The van der Waals surface area contributed by atoms with Crippen LogP contribution >= 0.6 is 0 Å². The lowest BCUT2D eigenvalue weighted by Gasteiger charge is -2.00. The summed E-state index contributed by atoms with van der Waals surface area (Å²) in [7, 11) is 1.59. The van der Waals surface area contributed by atoms with E-state index in [2.05, 4.69) is 4.98 Å². The molecule has 0 N–H and O–H groups in total. The van der Waals surface area contributed by atoms with Gasteiger partial charge in [-0.1, -0.05) is 6.07 Å².